The van der Waals surface area contributed by atoms with Crippen molar-refractivity contribution in [2.45, 2.75) is 18.9 Å². The Morgan fingerprint density at radius 3 is 2.75 bits per heavy atom. The van der Waals surface area contributed by atoms with Gasteiger partial charge in [0.25, 0.3) is 5.91 Å². The van der Waals surface area contributed by atoms with Crippen LogP contribution in [-0.4, -0.2) is 56.2 Å². The van der Waals surface area contributed by atoms with Crippen LogP contribution in [0.25, 0.3) is 5.69 Å². The average molecular weight is 377 g/mol. The second-order valence-corrected chi connectivity index (χ2v) is 6.83. The SMILES string of the molecule is NC1CCN(C(=O)c2ccc(NCCc3nccn3-c3ccccc3)nn2)C1. The third kappa shape index (κ3) is 4.01. The molecule has 0 saturated carbocycles. The van der Waals surface area contributed by atoms with Crippen molar-refractivity contribution in [2.24, 2.45) is 5.73 Å². The summed E-state index contributed by atoms with van der Waals surface area (Å²) >= 11 is 0. The minimum atomic E-state index is -0.114. The van der Waals surface area contributed by atoms with Crippen molar-refractivity contribution in [1.29, 1.82) is 0 Å². The van der Waals surface area contributed by atoms with Gasteiger partial charge < -0.3 is 20.5 Å². The quantitative estimate of drug-likeness (QED) is 0.675. The second-order valence-electron chi connectivity index (χ2n) is 6.83. The maximum Gasteiger partial charge on any atom is 0.274 e. The van der Waals surface area contributed by atoms with E-state index in [2.05, 4.69) is 25.1 Å². The van der Waals surface area contributed by atoms with E-state index in [-0.39, 0.29) is 11.9 Å². The van der Waals surface area contributed by atoms with Crippen molar-refractivity contribution < 1.29 is 4.79 Å². The fraction of sp³-hybridized carbons (Fsp3) is 0.300. The van der Waals surface area contributed by atoms with E-state index in [9.17, 15) is 4.79 Å². The Morgan fingerprint density at radius 2 is 2.04 bits per heavy atom. The van der Waals surface area contributed by atoms with Crippen LogP contribution in [0, 0.1) is 0 Å². The van der Waals surface area contributed by atoms with Gasteiger partial charge in [0.05, 0.1) is 0 Å². The number of nitrogens with zero attached hydrogens (tertiary/aromatic N) is 5. The third-order valence-corrected chi connectivity index (χ3v) is 4.80. The fourth-order valence-electron chi connectivity index (χ4n) is 3.32. The van der Waals surface area contributed by atoms with Crippen LogP contribution in [0.5, 0.6) is 0 Å². The van der Waals surface area contributed by atoms with Crippen LogP contribution in [0.4, 0.5) is 5.82 Å². The Morgan fingerprint density at radius 1 is 1.18 bits per heavy atom. The summed E-state index contributed by atoms with van der Waals surface area (Å²) < 4.78 is 2.07. The number of aromatic nitrogens is 4. The Labute approximate surface area is 163 Å². The summed E-state index contributed by atoms with van der Waals surface area (Å²) in [5, 5.41) is 11.4. The summed E-state index contributed by atoms with van der Waals surface area (Å²) in [5.74, 6) is 1.48. The molecule has 3 N–H and O–H groups in total. The maximum atomic E-state index is 12.4. The van der Waals surface area contributed by atoms with Crippen molar-refractivity contribution in [3.63, 3.8) is 0 Å². The Kier molecular flexibility index (Phi) is 5.29. The molecule has 4 rings (SSSR count). The predicted octanol–water partition coefficient (Wildman–Crippen LogP) is 1.49. The number of rotatable bonds is 6. The molecule has 0 aliphatic carbocycles. The highest BCUT2D eigenvalue weighted by atomic mass is 16.2. The minimum Gasteiger partial charge on any atom is -0.368 e. The van der Waals surface area contributed by atoms with Gasteiger partial charge in [-0.25, -0.2) is 4.98 Å². The summed E-state index contributed by atoms with van der Waals surface area (Å²) in [6.07, 6.45) is 5.31. The smallest absolute Gasteiger partial charge is 0.274 e. The summed E-state index contributed by atoms with van der Waals surface area (Å²) in [5.41, 5.74) is 7.29. The summed E-state index contributed by atoms with van der Waals surface area (Å²) in [6, 6.07) is 13.6. The molecule has 0 bridgehead atoms. The largest absolute Gasteiger partial charge is 0.368 e. The molecule has 0 radical (unpaired) electrons. The van der Waals surface area contributed by atoms with Crippen molar-refractivity contribution in [2.75, 3.05) is 25.0 Å². The predicted molar refractivity (Wildman–Crippen MR) is 106 cm³/mol. The van der Waals surface area contributed by atoms with E-state index in [0.717, 1.165) is 24.4 Å². The van der Waals surface area contributed by atoms with Crippen molar-refractivity contribution >= 4 is 11.7 Å². The van der Waals surface area contributed by atoms with Gasteiger partial charge in [0.15, 0.2) is 5.69 Å². The molecule has 1 fully saturated rings. The molecule has 1 saturated heterocycles. The fourth-order valence-corrected chi connectivity index (χ4v) is 3.32. The van der Waals surface area contributed by atoms with Crippen LogP contribution in [0.1, 0.15) is 22.7 Å². The molecular formula is C20H23N7O. The van der Waals surface area contributed by atoms with E-state index in [1.165, 1.54) is 0 Å². The molecule has 144 valence electrons. The highest BCUT2D eigenvalue weighted by Crippen LogP contribution is 2.13. The van der Waals surface area contributed by atoms with Gasteiger partial charge in [-0.05, 0) is 30.7 Å². The molecule has 3 heterocycles. The van der Waals surface area contributed by atoms with Gasteiger partial charge in [0.1, 0.15) is 11.6 Å². The Bertz CT molecular complexity index is 923. The highest BCUT2D eigenvalue weighted by molar-refractivity contribution is 5.92. The molecule has 1 amide bonds. The lowest BCUT2D eigenvalue weighted by atomic mass is 10.3. The van der Waals surface area contributed by atoms with Gasteiger partial charge in [-0.1, -0.05) is 18.2 Å². The molecule has 3 aromatic rings. The zero-order chi connectivity index (χ0) is 19.3. The number of nitrogens with one attached hydrogen (secondary N) is 1. The number of carbonyl (C=O) groups is 1. The van der Waals surface area contributed by atoms with E-state index < -0.39 is 0 Å². The first kappa shape index (κ1) is 18.1. The molecule has 28 heavy (non-hydrogen) atoms. The van der Waals surface area contributed by atoms with Gasteiger partial charge in [-0.2, -0.15) is 0 Å². The lowest BCUT2D eigenvalue weighted by Gasteiger charge is -2.14. The number of carbonyl (C=O) groups excluding carboxylic acids is 1. The summed E-state index contributed by atoms with van der Waals surface area (Å²) in [7, 11) is 0. The van der Waals surface area contributed by atoms with Crippen LogP contribution in [0.2, 0.25) is 0 Å². The maximum absolute atomic E-state index is 12.4. The van der Waals surface area contributed by atoms with Crippen LogP contribution in [0.15, 0.2) is 54.9 Å². The van der Waals surface area contributed by atoms with Crippen molar-refractivity contribution in [1.82, 2.24) is 24.6 Å². The van der Waals surface area contributed by atoms with Gasteiger partial charge in [-0.3, -0.25) is 4.79 Å². The van der Waals surface area contributed by atoms with Gasteiger partial charge in [0.2, 0.25) is 0 Å². The molecule has 0 spiro atoms. The Balaban J connectivity index is 1.33. The van der Waals surface area contributed by atoms with Gasteiger partial charge >= 0.3 is 0 Å². The number of hydrogen-bond donors (Lipinski definition) is 2. The molecule has 1 aromatic carbocycles. The van der Waals surface area contributed by atoms with E-state index in [1.807, 2.05) is 36.5 Å². The number of benzene rings is 1. The zero-order valence-electron chi connectivity index (χ0n) is 15.5. The molecule has 1 aliphatic heterocycles. The van der Waals surface area contributed by atoms with E-state index >= 15 is 0 Å². The molecule has 1 unspecified atom stereocenters. The molecule has 2 aromatic heterocycles. The highest BCUT2D eigenvalue weighted by Gasteiger charge is 2.25. The van der Waals surface area contributed by atoms with Crippen molar-refractivity contribution in [3.8, 4) is 5.69 Å². The number of anilines is 1. The average Bonchev–Trinajstić information content (AvgIpc) is 3.38. The summed E-state index contributed by atoms with van der Waals surface area (Å²) in [4.78, 5) is 18.5. The van der Waals surface area contributed by atoms with E-state index in [0.29, 0.717) is 31.1 Å². The molecular weight excluding hydrogens is 354 g/mol. The van der Waals surface area contributed by atoms with E-state index in [4.69, 9.17) is 5.73 Å². The number of imidazole rings is 1. The minimum absolute atomic E-state index is 0.0568. The molecule has 1 atom stereocenters. The molecule has 8 nitrogen and oxygen atoms in total. The van der Waals surface area contributed by atoms with Crippen molar-refractivity contribution in [3.05, 3.63) is 66.4 Å². The number of likely N-dealkylation sites (tertiary alicyclic amines) is 1. The molecule has 1 aliphatic rings. The number of hydrogen-bond acceptors (Lipinski definition) is 6. The molecule has 8 heteroatoms. The van der Waals surface area contributed by atoms with Crippen LogP contribution < -0.4 is 11.1 Å². The second kappa shape index (κ2) is 8.18. The van der Waals surface area contributed by atoms with Crippen LogP contribution in [-0.2, 0) is 6.42 Å². The first-order valence-corrected chi connectivity index (χ1v) is 9.41. The normalized spacial score (nSPS) is 16.3. The van der Waals surface area contributed by atoms with Gasteiger partial charge in [0, 0.05) is 50.2 Å². The van der Waals surface area contributed by atoms with Crippen LogP contribution in [0.3, 0.4) is 0 Å². The van der Waals surface area contributed by atoms with E-state index in [1.54, 1.807) is 23.2 Å². The number of amides is 1. The van der Waals surface area contributed by atoms with Gasteiger partial charge in [-0.15, -0.1) is 10.2 Å². The number of nitrogens with two attached hydrogens (primary N) is 1. The summed E-state index contributed by atoms with van der Waals surface area (Å²) in [6.45, 7) is 1.91. The van der Waals surface area contributed by atoms with Crippen LogP contribution >= 0.6 is 0 Å². The Hall–Kier alpha value is -3.26. The lowest BCUT2D eigenvalue weighted by molar-refractivity contribution is 0.0784. The monoisotopic (exact) mass is 377 g/mol. The third-order valence-electron chi connectivity index (χ3n) is 4.80. The lowest BCUT2D eigenvalue weighted by Crippen LogP contribution is -2.32. The standard InChI is InChI=1S/C20H23N7O/c21-15-9-12-26(14-15)20(28)17-6-7-18(25-24-17)22-10-8-19-23-11-13-27(19)16-4-2-1-3-5-16/h1-7,11,13,15H,8-10,12,14,21H2,(H,22,25). The topological polar surface area (TPSA) is 102 Å². The number of para-hydroxylation sites is 1. The zero-order valence-corrected chi connectivity index (χ0v) is 15.5. The first-order valence-electron chi connectivity index (χ1n) is 9.41. The first-order chi connectivity index (χ1) is 13.7.